The number of ether oxygens (including phenoxy) is 1. The number of carbonyl (C=O) groups excluding carboxylic acids is 6. The number of fused-ring (bicyclic) bond motifs is 6. The van der Waals surface area contributed by atoms with E-state index in [9.17, 15) is 38.3 Å². The van der Waals surface area contributed by atoms with E-state index in [0.29, 0.717) is 44.8 Å². The fraction of sp³-hybridized carbons (Fsp3) is 0.0734. The number of rotatable bonds is 9. The lowest BCUT2D eigenvalue weighted by atomic mass is 9.98. The van der Waals surface area contributed by atoms with Crippen LogP contribution in [0.2, 0.25) is 0 Å². The summed E-state index contributed by atoms with van der Waals surface area (Å²) in [4.78, 5) is 77.0. The lowest BCUT2D eigenvalue weighted by Gasteiger charge is -2.05. The molecule has 620 valence electrons. The number of halogens is 2. The van der Waals surface area contributed by atoms with Crippen LogP contribution in [0.5, 0.6) is 11.5 Å². The lowest BCUT2D eigenvalue weighted by molar-refractivity contribution is -0.111. The number of hydrogen-bond acceptors (Lipinski definition) is 9. The summed E-state index contributed by atoms with van der Waals surface area (Å²) in [5.74, 6) is -0.0121. The molecule has 0 radical (unpaired) electrons. The maximum atomic E-state index is 13.3. The third kappa shape index (κ3) is 20.4. The van der Waals surface area contributed by atoms with E-state index in [-0.39, 0.29) is 47.0 Å². The standard InChI is InChI=1S/C23H19NO.C21H16N2O.C17H15NO2.C16H12BrNO.C16H12FNO.C16H13NO2/c1-15-8-9-17(12-16(15)2)13-21-20-11-10-19(14-22(20)24-23(21)25)18-6-4-3-5-7-18;1-14-4-6-15(7-5-14)11-19-18-9-8-16(12-20(18)23-21(19)24)17-3-2-10-22-13-17;1-11-3-5-12(6-4-11)9-15-14-8-7-13(20-2)10-16(14)18-17(15)19;2*1-10-3-2-4-11(7-10)8-14-13-9-12(17)5-6-15(13)18-16(14)19;1-10-3-2-4-11(7-10)8-14-13-6-5-12(18)9-15(13)17-16(14)19/h3-14H,1-2H3,(H,24,25);2-13H,1H3,(H,23,24);3-10H,1-2H3,(H,18,19);2*2-9H,1H3,(H,18,19);2-9,18H,1H3,(H,17,19). The Morgan fingerprint density at radius 1 is 0.302 bits per heavy atom. The second-order valence-electron chi connectivity index (χ2n) is 31.1. The summed E-state index contributed by atoms with van der Waals surface area (Å²) in [6.45, 7) is 14.3. The van der Waals surface area contributed by atoms with E-state index in [1.165, 1.54) is 39.9 Å². The zero-order valence-corrected chi connectivity index (χ0v) is 71.9. The van der Waals surface area contributed by atoms with Crippen LogP contribution < -0.4 is 36.6 Å². The highest BCUT2D eigenvalue weighted by atomic mass is 79.9. The van der Waals surface area contributed by atoms with Crippen molar-refractivity contribution in [3.05, 3.63) is 420 Å². The van der Waals surface area contributed by atoms with Gasteiger partial charge in [0.25, 0.3) is 35.4 Å². The number of hydrogen-bond donors (Lipinski definition) is 7. The van der Waals surface area contributed by atoms with Crippen LogP contribution in [-0.2, 0) is 28.8 Å². The molecule has 0 spiro atoms. The molecular formula is C109H87BrFN7O8. The van der Waals surface area contributed by atoms with Gasteiger partial charge in [0.1, 0.15) is 17.3 Å². The van der Waals surface area contributed by atoms with Crippen LogP contribution in [-0.4, -0.2) is 52.6 Å². The van der Waals surface area contributed by atoms with Crippen LogP contribution in [0.4, 0.5) is 38.5 Å². The maximum Gasteiger partial charge on any atom is 0.256 e. The Kier molecular flexibility index (Phi) is 25.8. The van der Waals surface area contributed by atoms with E-state index in [1.807, 2.05) is 277 Å². The quantitative estimate of drug-likeness (QED) is 0.0683. The molecule has 0 fully saturated rings. The number of anilines is 6. The highest BCUT2D eigenvalue weighted by molar-refractivity contribution is 9.10. The molecule has 6 aliphatic heterocycles. The molecule has 6 aliphatic rings. The summed E-state index contributed by atoms with van der Waals surface area (Å²) in [6, 6.07) is 93.3. The number of phenolic OH excluding ortho intramolecular Hbond substituents is 1. The molecule has 0 saturated heterocycles. The summed E-state index contributed by atoms with van der Waals surface area (Å²) in [5.41, 5.74) is 32.6. The molecular weight excluding hydrogens is 1630 g/mol. The number of aryl methyl sites for hydroxylation is 7. The van der Waals surface area contributed by atoms with Gasteiger partial charge in [-0.2, -0.15) is 0 Å². The molecule has 7 N–H and O–H groups in total. The van der Waals surface area contributed by atoms with Gasteiger partial charge in [0.15, 0.2) is 0 Å². The molecule has 17 heteroatoms. The molecule has 0 saturated carbocycles. The number of aromatic hydroxyl groups is 1. The number of carbonyl (C=O) groups is 6. The molecule has 0 bridgehead atoms. The van der Waals surface area contributed by atoms with Gasteiger partial charge in [-0.25, -0.2) is 4.39 Å². The van der Waals surface area contributed by atoms with Crippen molar-refractivity contribution in [1.82, 2.24) is 4.98 Å². The highest BCUT2D eigenvalue weighted by Gasteiger charge is 2.30. The van der Waals surface area contributed by atoms with E-state index in [4.69, 9.17) is 4.74 Å². The van der Waals surface area contributed by atoms with Crippen LogP contribution in [0.25, 0.3) is 92.1 Å². The highest BCUT2D eigenvalue weighted by Crippen LogP contribution is 2.42. The van der Waals surface area contributed by atoms with Gasteiger partial charge in [-0.15, -0.1) is 0 Å². The Morgan fingerprint density at radius 2 is 0.690 bits per heavy atom. The van der Waals surface area contributed by atoms with E-state index in [1.54, 1.807) is 43.6 Å². The largest absolute Gasteiger partial charge is 0.508 e. The number of aromatic nitrogens is 1. The molecule has 20 rings (SSSR count). The third-order valence-electron chi connectivity index (χ3n) is 21.7. The van der Waals surface area contributed by atoms with Crippen molar-refractivity contribution in [1.29, 1.82) is 0 Å². The van der Waals surface area contributed by atoms with Crippen molar-refractivity contribution in [2.75, 3.05) is 39.0 Å². The summed E-state index contributed by atoms with van der Waals surface area (Å²) < 4.78 is 19.4. The zero-order valence-electron chi connectivity index (χ0n) is 70.3. The number of amides is 6. The smallest absolute Gasteiger partial charge is 0.256 e. The minimum absolute atomic E-state index is 0.0431. The molecule has 7 heterocycles. The molecule has 13 aromatic carbocycles. The van der Waals surface area contributed by atoms with E-state index in [2.05, 4.69) is 116 Å². The average molecular weight is 1720 g/mol. The van der Waals surface area contributed by atoms with Crippen molar-refractivity contribution < 1.29 is 43.0 Å². The summed E-state index contributed by atoms with van der Waals surface area (Å²) in [6.07, 6.45) is 15.0. The Balaban J connectivity index is 0.000000117. The van der Waals surface area contributed by atoms with Gasteiger partial charge in [-0.1, -0.05) is 244 Å². The van der Waals surface area contributed by atoms with Gasteiger partial charge >= 0.3 is 0 Å². The molecule has 0 unspecified atom stereocenters. The molecule has 6 amide bonds. The second kappa shape index (κ2) is 38.1. The summed E-state index contributed by atoms with van der Waals surface area (Å²) >= 11 is 3.44. The number of phenols is 1. The predicted octanol–water partition coefficient (Wildman–Crippen LogP) is 24.6. The topological polar surface area (TPSA) is 217 Å². The third-order valence-corrected chi connectivity index (χ3v) is 22.2. The van der Waals surface area contributed by atoms with Crippen molar-refractivity contribution in [2.45, 2.75) is 48.5 Å². The first-order valence-corrected chi connectivity index (χ1v) is 41.6. The first-order chi connectivity index (χ1) is 60.9. The Hall–Kier alpha value is -15.7. The van der Waals surface area contributed by atoms with Gasteiger partial charge in [0, 0.05) is 124 Å². The Labute approximate surface area is 739 Å². The summed E-state index contributed by atoms with van der Waals surface area (Å²) in [5, 5.41) is 26.6. The van der Waals surface area contributed by atoms with Crippen LogP contribution in [0.3, 0.4) is 0 Å². The van der Waals surface area contributed by atoms with Crippen molar-refractivity contribution in [3.8, 4) is 33.8 Å². The predicted molar refractivity (Wildman–Crippen MR) is 514 cm³/mol. The number of nitrogens with zero attached hydrogens (tertiary/aromatic N) is 1. The van der Waals surface area contributed by atoms with Crippen LogP contribution in [0, 0.1) is 54.3 Å². The Morgan fingerprint density at radius 3 is 1.14 bits per heavy atom. The van der Waals surface area contributed by atoms with Gasteiger partial charge in [0.2, 0.25) is 0 Å². The SMILES string of the molecule is COc1ccc2c(c1)NC(=O)C2=Cc1ccc(C)cc1.Cc1ccc(C=C2C(=O)Nc3cc(-c4ccccc4)ccc32)cc1C.Cc1ccc(C=C2C(=O)Nc3cc(-c4cccnc4)ccc32)cc1.Cc1cccc(C=C2C(=O)Nc3cc(O)ccc32)c1.Cc1cccc(C=C2C(=O)Nc3ccc(Br)cc32)c1.Cc1cccc(C=C2C(=O)Nc3ccc(F)cc32)c1. The van der Waals surface area contributed by atoms with Crippen LogP contribution in [0.1, 0.15) is 106 Å². The van der Waals surface area contributed by atoms with Gasteiger partial charge in [0.05, 0.1) is 18.5 Å². The molecule has 14 aromatic rings. The molecule has 1 aromatic heterocycles. The van der Waals surface area contributed by atoms with Crippen LogP contribution in [0.15, 0.2) is 308 Å². The minimum Gasteiger partial charge on any atom is -0.508 e. The first-order valence-electron chi connectivity index (χ1n) is 40.8. The van der Waals surface area contributed by atoms with E-state index >= 15 is 0 Å². The normalized spacial score (nSPS) is 15.0. The van der Waals surface area contributed by atoms with Gasteiger partial charge < -0.3 is 41.7 Å². The molecule has 0 atom stereocenters. The van der Waals surface area contributed by atoms with Gasteiger partial charge in [-0.3, -0.25) is 33.8 Å². The maximum absolute atomic E-state index is 13.3. The molecule has 126 heavy (non-hydrogen) atoms. The second-order valence-corrected chi connectivity index (χ2v) is 32.0. The lowest BCUT2D eigenvalue weighted by Crippen LogP contribution is -2.03. The van der Waals surface area contributed by atoms with Gasteiger partial charge in [-0.05, 0) is 225 Å². The fourth-order valence-corrected chi connectivity index (χ4v) is 15.4. The number of benzene rings is 13. The Bertz CT molecular complexity index is 6740. The molecule has 15 nitrogen and oxygen atoms in total. The zero-order chi connectivity index (χ0) is 88.2. The average Bonchev–Trinajstić information content (AvgIpc) is 1.66. The first kappa shape index (κ1) is 85.3. The minimum atomic E-state index is -0.342. The van der Waals surface area contributed by atoms with Crippen molar-refractivity contribution in [3.63, 3.8) is 0 Å². The fourth-order valence-electron chi connectivity index (χ4n) is 15.0. The monoisotopic (exact) mass is 1720 g/mol. The number of nitrogens with one attached hydrogen (secondary N) is 6. The van der Waals surface area contributed by atoms with Crippen molar-refractivity contribution >= 4 is 155 Å². The van der Waals surface area contributed by atoms with E-state index < -0.39 is 0 Å². The molecule has 0 aliphatic carbocycles. The van der Waals surface area contributed by atoms with Crippen molar-refractivity contribution in [2.24, 2.45) is 0 Å². The summed E-state index contributed by atoms with van der Waals surface area (Å²) in [7, 11) is 1.61. The number of pyridine rings is 1. The number of methoxy groups -OCH3 is 1. The van der Waals surface area contributed by atoms with Crippen LogP contribution >= 0.6 is 15.9 Å². The van der Waals surface area contributed by atoms with E-state index in [0.717, 1.165) is 133 Å².